The summed E-state index contributed by atoms with van der Waals surface area (Å²) in [4.78, 5) is 11.6. The van der Waals surface area contributed by atoms with Crippen molar-refractivity contribution >= 4 is 17.6 Å². The van der Waals surface area contributed by atoms with Crippen molar-refractivity contribution in [1.29, 1.82) is 0 Å². The van der Waals surface area contributed by atoms with E-state index in [0.717, 1.165) is 5.57 Å². The molecule has 0 spiro atoms. The molecular formula is C13H13ClO2. The molecule has 0 heterocycles. The van der Waals surface area contributed by atoms with Gasteiger partial charge in [-0.15, -0.1) is 17.3 Å². The Morgan fingerprint density at radius 3 is 2.62 bits per heavy atom. The van der Waals surface area contributed by atoms with Gasteiger partial charge in [0.15, 0.2) is 0 Å². The Kier molecular flexibility index (Phi) is 5.41. The fraction of sp³-hybridized carbons (Fsp3) is 0.231. The van der Waals surface area contributed by atoms with Crippen LogP contribution in [-0.2, 0) is 4.74 Å². The largest absolute Gasteiger partial charge is 0.457 e. The first-order chi connectivity index (χ1) is 7.77. The summed E-state index contributed by atoms with van der Waals surface area (Å²) in [5.41, 5.74) is 4.06. The van der Waals surface area contributed by atoms with Crippen molar-refractivity contribution in [2.24, 2.45) is 0 Å². The van der Waals surface area contributed by atoms with Crippen LogP contribution < -0.4 is 0 Å². The molecule has 3 heteroatoms. The standard InChI is InChI=1S/C13H13ClO2/c1-2-11(8-9-14)10-16-13(15)12-6-4-3-5-7-12/h3-7H,1,8-10H2. The van der Waals surface area contributed by atoms with Crippen molar-refractivity contribution < 1.29 is 9.53 Å². The maximum Gasteiger partial charge on any atom is 0.338 e. The van der Waals surface area contributed by atoms with Crippen LogP contribution in [0.25, 0.3) is 0 Å². The lowest BCUT2D eigenvalue weighted by Crippen LogP contribution is -2.07. The number of ether oxygens (including phenoxy) is 1. The molecule has 2 nitrogen and oxygen atoms in total. The van der Waals surface area contributed by atoms with Crippen molar-refractivity contribution in [3.8, 4) is 0 Å². The van der Waals surface area contributed by atoms with Gasteiger partial charge >= 0.3 is 5.97 Å². The lowest BCUT2D eigenvalue weighted by molar-refractivity contribution is 0.0538. The Hall–Kier alpha value is -1.50. The van der Waals surface area contributed by atoms with Crippen molar-refractivity contribution in [1.82, 2.24) is 0 Å². The molecule has 0 unspecified atom stereocenters. The van der Waals surface area contributed by atoms with Crippen LogP contribution in [0, 0.1) is 0 Å². The second-order valence-electron chi connectivity index (χ2n) is 3.16. The minimum absolute atomic E-state index is 0.198. The fourth-order valence-electron chi connectivity index (χ4n) is 1.14. The molecule has 1 aromatic carbocycles. The van der Waals surface area contributed by atoms with Gasteiger partial charge in [0.1, 0.15) is 6.61 Å². The summed E-state index contributed by atoms with van der Waals surface area (Å²) in [5.74, 6) is 0.128. The van der Waals surface area contributed by atoms with Gasteiger partial charge in [-0.1, -0.05) is 24.8 Å². The first-order valence-corrected chi connectivity index (χ1v) is 5.47. The third-order valence-electron chi connectivity index (χ3n) is 2.03. The van der Waals surface area contributed by atoms with E-state index in [1.807, 2.05) is 6.07 Å². The van der Waals surface area contributed by atoms with Crippen LogP contribution in [0.5, 0.6) is 0 Å². The second-order valence-corrected chi connectivity index (χ2v) is 3.54. The fourth-order valence-corrected chi connectivity index (χ4v) is 1.36. The average Bonchev–Trinajstić information content (AvgIpc) is 2.35. The van der Waals surface area contributed by atoms with E-state index in [1.54, 1.807) is 24.3 Å². The van der Waals surface area contributed by atoms with E-state index in [2.05, 4.69) is 12.3 Å². The van der Waals surface area contributed by atoms with Crippen LogP contribution in [-0.4, -0.2) is 18.5 Å². The highest BCUT2D eigenvalue weighted by molar-refractivity contribution is 6.18. The van der Waals surface area contributed by atoms with E-state index in [1.165, 1.54) is 0 Å². The summed E-state index contributed by atoms with van der Waals surface area (Å²) >= 11 is 5.58. The highest BCUT2D eigenvalue weighted by atomic mass is 35.5. The topological polar surface area (TPSA) is 26.3 Å². The molecular weight excluding hydrogens is 224 g/mol. The van der Waals surface area contributed by atoms with Crippen LogP contribution >= 0.6 is 11.6 Å². The summed E-state index contributed by atoms with van der Waals surface area (Å²) in [5, 5.41) is 0. The first kappa shape index (κ1) is 12.6. The molecule has 0 bridgehead atoms. The first-order valence-electron chi connectivity index (χ1n) is 4.94. The molecule has 0 fully saturated rings. The summed E-state index contributed by atoms with van der Waals surface area (Å²) < 4.78 is 5.10. The van der Waals surface area contributed by atoms with Crippen LogP contribution in [0.2, 0.25) is 0 Å². The monoisotopic (exact) mass is 236 g/mol. The number of carbonyl (C=O) groups is 1. The van der Waals surface area contributed by atoms with Gasteiger partial charge < -0.3 is 4.74 Å². The van der Waals surface area contributed by atoms with Crippen LogP contribution in [0.3, 0.4) is 0 Å². The lowest BCUT2D eigenvalue weighted by Gasteiger charge is -2.05. The van der Waals surface area contributed by atoms with Crippen molar-refractivity contribution in [3.63, 3.8) is 0 Å². The Balaban J connectivity index is 2.50. The molecule has 16 heavy (non-hydrogen) atoms. The van der Waals surface area contributed by atoms with E-state index in [4.69, 9.17) is 16.3 Å². The van der Waals surface area contributed by atoms with Gasteiger partial charge in [-0.3, -0.25) is 0 Å². The smallest absolute Gasteiger partial charge is 0.338 e. The van der Waals surface area contributed by atoms with Gasteiger partial charge in [-0.2, -0.15) is 0 Å². The average molecular weight is 237 g/mol. The number of halogens is 1. The minimum Gasteiger partial charge on any atom is -0.457 e. The number of esters is 1. The van der Waals surface area contributed by atoms with E-state index in [0.29, 0.717) is 17.9 Å². The van der Waals surface area contributed by atoms with Crippen LogP contribution in [0.15, 0.2) is 48.2 Å². The minimum atomic E-state index is -0.345. The molecule has 0 aliphatic rings. The number of benzene rings is 1. The lowest BCUT2D eigenvalue weighted by atomic mass is 10.2. The highest BCUT2D eigenvalue weighted by Crippen LogP contribution is 2.05. The molecule has 1 rings (SSSR count). The molecule has 0 N–H and O–H groups in total. The predicted octanol–water partition coefficient (Wildman–Crippen LogP) is 3.18. The van der Waals surface area contributed by atoms with Crippen molar-refractivity contribution in [2.75, 3.05) is 12.5 Å². The number of rotatable bonds is 5. The van der Waals surface area contributed by atoms with Crippen molar-refractivity contribution in [2.45, 2.75) is 6.42 Å². The van der Waals surface area contributed by atoms with E-state index in [-0.39, 0.29) is 12.6 Å². The van der Waals surface area contributed by atoms with E-state index >= 15 is 0 Å². The zero-order valence-electron chi connectivity index (χ0n) is 8.91. The molecule has 0 saturated carbocycles. The van der Waals surface area contributed by atoms with Gasteiger partial charge in [0.25, 0.3) is 0 Å². The molecule has 84 valence electrons. The third kappa shape index (κ3) is 3.93. The van der Waals surface area contributed by atoms with E-state index in [9.17, 15) is 4.79 Å². The SMILES string of the molecule is C=C=C(CCCl)COC(=O)c1ccccc1. The number of alkyl halides is 1. The van der Waals surface area contributed by atoms with Gasteiger partial charge in [0.05, 0.1) is 5.56 Å². The number of hydrogen-bond donors (Lipinski definition) is 0. The molecule has 0 atom stereocenters. The van der Waals surface area contributed by atoms with Gasteiger partial charge in [-0.25, -0.2) is 4.79 Å². The normalized spacial score (nSPS) is 9.31. The Bertz CT molecular complexity index is 392. The van der Waals surface area contributed by atoms with E-state index < -0.39 is 0 Å². The quantitative estimate of drug-likeness (QED) is 0.446. The molecule has 0 radical (unpaired) electrons. The molecule has 0 aliphatic heterocycles. The Morgan fingerprint density at radius 1 is 1.38 bits per heavy atom. The summed E-state index contributed by atoms with van der Waals surface area (Å²) in [6, 6.07) is 8.85. The maximum absolute atomic E-state index is 11.6. The number of carbonyl (C=O) groups excluding carboxylic acids is 1. The van der Waals surface area contributed by atoms with Gasteiger partial charge in [0, 0.05) is 11.5 Å². The van der Waals surface area contributed by atoms with Gasteiger partial charge in [0.2, 0.25) is 0 Å². The zero-order chi connectivity index (χ0) is 11.8. The van der Waals surface area contributed by atoms with Gasteiger partial charge in [-0.05, 0) is 18.6 Å². The molecule has 1 aromatic rings. The Labute approximate surface area is 100 Å². The molecule has 0 saturated heterocycles. The van der Waals surface area contributed by atoms with Crippen LogP contribution in [0.1, 0.15) is 16.8 Å². The molecule has 0 aliphatic carbocycles. The van der Waals surface area contributed by atoms with Crippen LogP contribution in [0.4, 0.5) is 0 Å². The second kappa shape index (κ2) is 6.89. The summed E-state index contributed by atoms with van der Waals surface area (Å²) in [7, 11) is 0. The summed E-state index contributed by atoms with van der Waals surface area (Å²) in [6.07, 6.45) is 0.632. The Morgan fingerprint density at radius 2 is 2.06 bits per heavy atom. The molecule has 0 aromatic heterocycles. The predicted molar refractivity (Wildman–Crippen MR) is 64.7 cm³/mol. The number of hydrogen-bond acceptors (Lipinski definition) is 2. The zero-order valence-corrected chi connectivity index (χ0v) is 9.67. The third-order valence-corrected chi connectivity index (χ3v) is 2.22. The summed E-state index contributed by atoms with van der Waals surface area (Å²) in [6.45, 7) is 3.72. The maximum atomic E-state index is 11.6. The molecule has 0 amide bonds. The van der Waals surface area contributed by atoms with Crippen molar-refractivity contribution in [3.05, 3.63) is 53.8 Å². The highest BCUT2D eigenvalue weighted by Gasteiger charge is 2.06.